The topological polar surface area (TPSA) is 88.9 Å². The second kappa shape index (κ2) is 9.95. The number of aromatic nitrogens is 3. The van der Waals surface area contributed by atoms with Crippen LogP contribution in [0.25, 0.3) is 10.9 Å². The van der Waals surface area contributed by atoms with Crippen LogP contribution in [0.15, 0.2) is 35.6 Å². The number of aliphatic imine (C=N–C) groups is 1. The van der Waals surface area contributed by atoms with Gasteiger partial charge in [-0.05, 0) is 18.9 Å². The number of H-pyrrole nitrogens is 1. The third kappa shape index (κ3) is 4.83. The summed E-state index contributed by atoms with van der Waals surface area (Å²) in [4.78, 5) is 10.2. The molecule has 0 radical (unpaired) electrons. The molecule has 0 saturated carbocycles. The molecule has 0 amide bonds. The maximum Gasteiger partial charge on any atom is 0.193 e. The Labute approximate surface area is 188 Å². The Bertz CT molecular complexity index is 1070. The summed E-state index contributed by atoms with van der Waals surface area (Å²) in [6.45, 7) is 3.08. The Morgan fingerprint density at radius 3 is 2.91 bits per heavy atom. The standard InChI is InChI=1S/C23H32N6O3/c1-24-23(29-8-9-32-22(15-29)16-13-26-28(2)14-16)25-7-5-6-17-10-19-20(27-17)11-18(30-3)12-21(19)31-4/h10-14,22,27H,5-9,15H2,1-4H3,(H,24,25). The molecular weight excluding hydrogens is 408 g/mol. The molecule has 1 fully saturated rings. The molecule has 172 valence electrons. The zero-order valence-electron chi connectivity index (χ0n) is 19.2. The van der Waals surface area contributed by atoms with Crippen molar-refractivity contribution in [2.24, 2.45) is 12.0 Å². The van der Waals surface area contributed by atoms with Gasteiger partial charge in [-0.1, -0.05) is 0 Å². The lowest BCUT2D eigenvalue weighted by molar-refractivity contribution is -0.00801. The fourth-order valence-corrected chi connectivity index (χ4v) is 4.12. The predicted molar refractivity (Wildman–Crippen MR) is 125 cm³/mol. The van der Waals surface area contributed by atoms with Gasteiger partial charge in [0.2, 0.25) is 0 Å². The van der Waals surface area contributed by atoms with E-state index in [0.717, 1.165) is 66.4 Å². The Hall–Kier alpha value is -3.20. The molecule has 4 rings (SSSR count). The molecule has 3 aromatic rings. The van der Waals surface area contributed by atoms with E-state index in [2.05, 4.69) is 31.4 Å². The van der Waals surface area contributed by atoms with E-state index in [0.29, 0.717) is 6.61 Å². The highest BCUT2D eigenvalue weighted by molar-refractivity contribution is 5.88. The second-order valence-electron chi connectivity index (χ2n) is 7.92. The number of aryl methyl sites for hydroxylation is 2. The van der Waals surface area contributed by atoms with Gasteiger partial charge in [0.1, 0.15) is 17.6 Å². The largest absolute Gasteiger partial charge is 0.497 e. The monoisotopic (exact) mass is 440 g/mol. The van der Waals surface area contributed by atoms with E-state index in [9.17, 15) is 0 Å². The van der Waals surface area contributed by atoms with Crippen molar-refractivity contribution in [3.63, 3.8) is 0 Å². The highest BCUT2D eigenvalue weighted by atomic mass is 16.5. The number of methoxy groups -OCH3 is 2. The molecule has 9 heteroatoms. The quantitative estimate of drug-likeness (QED) is 0.333. The summed E-state index contributed by atoms with van der Waals surface area (Å²) in [6.07, 6.45) is 5.78. The van der Waals surface area contributed by atoms with Crippen molar-refractivity contribution in [3.05, 3.63) is 41.9 Å². The molecule has 1 saturated heterocycles. The zero-order chi connectivity index (χ0) is 22.5. The van der Waals surface area contributed by atoms with Crippen LogP contribution >= 0.6 is 0 Å². The SMILES string of the molecule is CN=C(NCCCc1cc2c(OC)cc(OC)cc2[nH]1)N1CCOC(c2cnn(C)c2)C1. The molecule has 1 aliphatic rings. The number of ether oxygens (including phenoxy) is 3. The van der Waals surface area contributed by atoms with Crippen molar-refractivity contribution in [2.75, 3.05) is 47.5 Å². The molecule has 1 atom stereocenters. The first-order valence-corrected chi connectivity index (χ1v) is 10.9. The first-order chi connectivity index (χ1) is 15.6. The zero-order valence-corrected chi connectivity index (χ0v) is 19.2. The van der Waals surface area contributed by atoms with E-state index in [1.807, 2.05) is 38.6 Å². The van der Waals surface area contributed by atoms with Crippen LogP contribution in [0.4, 0.5) is 0 Å². The van der Waals surface area contributed by atoms with E-state index in [-0.39, 0.29) is 6.10 Å². The number of hydrogen-bond acceptors (Lipinski definition) is 5. The van der Waals surface area contributed by atoms with Crippen LogP contribution in [0.2, 0.25) is 0 Å². The van der Waals surface area contributed by atoms with E-state index in [4.69, 9.17) is 14.2 Å². The van der Waals surface area contributed by atoms with Crippen LogP contribution in [0, 0.1) is 0 Å². The minimum absolute atomic E-state index is 0.00863. The van der Waals surface area contributed by atoms with Crippen molar-refractivity contribution in [3.8, 4) is 11.5 Å². The van der Waals surface area contributed by atoms with Crippen molar-refractivity contribution in [1.29, 1.82) is 0 Å². The van der Waals surface area contributed by atoms with E-state index in [1.165, 1.54) is 5.69 Å². The summed E-state index contributed by atoms with van der Waals surface area (Å²) in [5.74, 6) is 2.50. The number of nitrogens with zero attached hydrogens (tertiary/aromatic N) is 4. The van der Waals surface area contributed by atoms with Gasteiger partial charge in [0.25, 0.3) is 0 Å². The minimum Gasteiger partial charge on any atom is -0.497 e. The average Bonchev–Trinajstić information content (AvgIpc) is 3.44. The Kier molecular flexibility index (Phi) is 6.84. The Morgan fingerprint density at radius 1 is 1.31 bits per heavy atom. The van der Waals surface area contributed by atoms with E-state index in [1.54, 1.807) is 18.9 Å². The lowest BCUT2D eigenvalue weighted by Crippen LogP contribution is -2.48. The highest BCUT2D eigenvalue weighted by Gasteiger charge is 2.25. The summed E-state index contributed by atoms with van der Waals surface area (Å²) in [6, 6.07) is 6.06. The van der Waals surface area contributed by atoms with Gasteiger partial charge < -0.3 is 29.4 Å². The van der Waals surface area contributed by atoms with Gasteiger partial charge in [-0.25, -0.2) is 0 Å². The van der Waals surface area contributed by atoms with Crippen LogP contribution in [-0.2, 0) is 18.2 Å². The molecule has 0 aliphatic carbocycles. The van der Waals surface area contributed by atoms with Crippen LogP contribution in [-0.4, -0.2) is 73.1 Å². The van der Waals surface area contributed by atoms with Crippen LogP contribution in [0.1, 0.15) is 23.8 Å². The number of benzene rings is 1. The summed E-state index contributed by atoms with van der Waals surface area (Å²) in [7, 11) is 7.09. The summed E-state index contributed by atoms with van der Waals surface area (Å²) in [5, 5.41) is 8.84. The molecule has 9 nitrogen and oxygen atoms in total. The predicted octanol–water partition coefficient (Wildman–Crippen LogP) is 2.50. The van der Waals surface area contributed by atoms with Crippen molar-refractivity contribution in [2.45, 2.75) is 18.9 Å². The molecule has 1 aliphatic heterocycles. The van der Waals surface area contributed by atoms with Gasteiger partial charge >= 0.3 is 0 Å². The lowest BCUT2D eigenvalue weighted by Gasteiger charge is -2.34. The van der Waals surface area contributed by atoms with E-state index < -0.39 is 0 Å². The first kappa shape index (κ1) is 22.0. The molecular formula is C23H32N6O3. The fourth-order valence-electron chi connectivity index (χ4n) is 4.12. The van der Waals surface area contributed by atoms with Gasteiger partial charge in [-0.3, -0.25) is 9.67 Å². The van der Waals surface area contributed by atoms with Gasteiger partial charge in [0, 0.05) is 62.2 Å². The summed E-state index contributed by atoms with van der Waals surface area (Å²) < 4.78 is 18.6. The molecule has 0 bridgehead atoms. The maximum atomic E-state index is 5.95. The normalized spacial score (nSPS) is 17.1. The number of guanidine groups is 1. The van der Waals surface area contributed by atoms with Crippen molar-refractivity contribution in [1.82, 2.24) is 25.0 Å². The third-order valence-electron chi connectivity index (χ3n) is 5.77. The number of aromatic amines is 1. The van der Waals surface area contributed by atoms with Gasteiger partial charge in [0.05, 0.1) is 39.1 Å². The first-order valence-electron chi connectivity index (χ1n) is 10.9. The van der Waals surface area contributed by atoms with Crippen LogP contribution in [0.5, 0.6) is 11.5 Å². The number of nitrogens with one attached hydrogen (secondary N) is 2. The maximum absolute atomic E-state index is 5.95. The number of hydrogen-bond donors (Lipinski definition) is 2. The summed E-state index contributed by atoms with van der Waals surface area (Å²) in [5.41, 5.74) is 3.29. The Balaban J connectivity index is 1.31. The van der Waals surface area contributed by atoms with Gasteiger partial charge in [0.15, 0.2) is 5.96 Å². The summed E-state index contributed by atoms with van der Waals surface area (Å²) >= 11 is 0. The number of morpholine rings is 1. The molecule has 32 heavy (non-hydrogen) atoms. The van der Waals surface area contributed by atoms with Crippen molar-refractivity contribution < 1.29 is 14.2 Å². The van der Waals surface area contributed by atoms with Crippen molar-refractivity contribution >= 4 is 16.9 Å². The minimum atomic E-state index is 0.00863. The second-order valence-corrected chi connectivity index (χ2v) is 7.92. The molecule has 2 N–H and O–H groups in total. The van der Waals surface area contributed by atoms with Crippen LogP contribution < -0.4 is 14.8 Å². The number of rotatable bonds is 7. The molecule has 3 heterocycles. The smallest absolute Gasteiger partial charge is 0.193 e. The Morgan fingerprint density at radius 2 is 2.19 bits per heavy atom. The number of fused-ring (bicyclic) bond motifs is 1. The lowest BCUT2D eigenvalue weighted by atomic mass is 10.1. The fraction of sp³-hybridized carbons (Fsp3) is 0.478. The molecule has 1 unspecified atom stereocenters. The van der Waals surface area contributed by atoms with Crippen LogP contribution in [0.3, 0.4) is 0 Å². The molecule has 1 aromatic carbocycles. The van der Waals surface area contributed by atoms with E-state index >= 15 is 0 Å². The molecule has 0 spiro atoms. The van der Waals surface area contributed by atoms with Gasteiger partial charge in [-0.15, -0.1) is 0 Å². The third-order valence-corrected chi connectivity index (χ3v) is 5.77. The highest BCUT2D eigenvalue weighted by Crippen LogP contribution is 2.31. The molecule has 2 aromatic heterocycles. The average molecular weight is 441 g/mol. The van der Waals surface area contributed by atoms with Gasteiger partial charge in [-0.2, -0.15) is 5.10 Å².